The summed E-state index contributed by atoms with van der Waals surface area (Å²) in [5, 5.41) is 5.77. The summed E-state index contributed by atoms with van der Waals surface area (Å²) in [5.41, 5.74) is -0.0158. The van der Waals surface area contributed by atoms with Gasteiger partial charge < -0.3 is 10.6 Å². The van der Waals surface area contributed by atoms with Gasteiger partial charge in [-0.05, 0) is 25.0 Å². The van der Waals surface area contributed by atoms with Crippen molar-refractivity contribution in [2.45, 2.75) is 12.8 Å². The van der Waals surface area contributed by atoms with Crippen LogP contribution in [0, 0.1) is 5.41 Å². The Labute approximate surface area is 132 Å². The maximum Gasteiger partial charge on any atom is 0.324 e. The molecule has 4 amide bonds. The van der Waals surface area contributed by atoms with Crippen molar-refractivity contribution in [3.05, 3.63) is 34.9 Å². The molecule has 1 heterocycles. The Morgan fingerprint density at radius 1 is 1.32 bits per heavy atom. The number of imide groups is 1. The molecule has 1 aromatic rings. The number of carbonyl (C=O) groups excluding carboxylic acids is 3. The molecular weight excluding hydrogens is 306 g/mol. The summed E-state index contributed by atoms with van der Waals surface area (Å²) in [4.78, 5) is 37.2. The van der Waals surface area contributed by atoms with Gasteiger partial charge in [0.05, 0.1) is 16.0 Å². The minimum atomic E-state index is -0.394. The minimum Gasteiger partial charge on any atom is -0.350 e. The lowest BCUT2D eigenvalue weighted by molar-refractivity contribution is -0.135. The van der Waals surface area contributed by atoms with E-state index in [1.165, 1.54) is 4.90 Å². The second-order valence-corrected chi connectivity index (χ2v) is 6.04. The highest BCUT2D eigenvalue weighted by Crippen LogP contribution is 2.47. The normalized spacial score (nSPS) is 19.0. The lowest BCUT2D eigenvalue weighted by atomic mass is 10.0. The van der Waals surface area contributed by atoms with Crippen LogP contribution in [-0.2, 0) is 4.79 Å². The monoisotopic (exact) mass is 321 g/mol. The van der Waals surface area contributed by atoms with E-state index in [4.69, 9.17) is 11.6 Å². The smallest absolute Gasteiger partial charge is 0.324 e. The lowest BCUT2D eigenvalue weighted by Gasteiger charge is -2.31. The molecule has 0 atom stereocenters. The first-order chi connectivity index (χ1) is 10.5. The molecule has 1 aliphatic carbocycles. The molecule has 1 aromatic carbocycles. The van der Waals surface area contributed by atoms with Crippen molar-refractivity contribution < 1.29 is 14.4 Å². The molecule has 1 spiro atoms. The van der Waals surface area contributed by atoms with Crippen LogP contribution in [0.3, 0.4) is 0 Å². The zero-order valence-electron chi connectivity index (χ0n) is 11.9. The molecule has 0 bridgehead atoms. The number of halogens is 1. The van der Waals surface area contributed by atoms with Crippen LogP contribution in [0.5, 0.6) is 0 Å². The Hall–Kier alpha value is -2.08. The summed E-state index contributed by atoms with van der Waals surface area (Å²) >= 11 is 5.95. The number of nitrogens with one attached hydrogen (secondary N) is 2. The van der Waals surface area contributed by atoms with Crippen molar-refractivity contribution in [3.8, 4) is 0 Å². The first-order valence-corrected chi connectivity index (χ1v) is 7.54. The highest BCUT2D eigenvalue weighted by Gasteiger charge is 2.55. The van der Waals surface area contributed by atoms with E-state index in [2.05, 4.69) is 10.6 Å². The number of hydrogen-bond donors (Lipinski definition) is 2. The van der Waals surface area contributed by atoms with Gasteiger partial charge in [0, 0.05) is 19.6 Å². The second-order valence-electron chi connectivity index (χ2n) is 5.63. The molecule has 0 aromatic heterocycles. The molecule has 0 unspecified atom stereocenters. The molecule has 2 fully saturated rings. The van der Waals surface area contributed by atoms with Crippen molar-refractivity contribution in [2.24, 2.45) is 5.41 Å². The number of hydrogen-bond acceptors (Lipinski definition) is 3. The largest absolute Gasteiger partial charge is 0.350 e. The van der Waals surface area contributed by atoms with E-state index in [0.29, 0.717) is 17.1 Å². The third-order valence-corrected chi connectivity index (χ3v) is 4.44. The van der Waals surface area contributed by atoms with Gasteiger partial charge in [-0.2, -0.15) is 0 Å². The Morgan fingerprint density at radius 2 is 2.05 bits per heavy atom. The van der Waals surface area contributed by atoms with Crippen molar-refractivity contribution >= 4 is 29.4 Å². The van der Waals surface area contributed by atoms with Gasteiger partial charge in [0.25, 0.3) is 5.91 Å². The van der Waals surface area contributed by atoms with Crippen molar-refractivity contribution in [1.29, 1.82) is 0 Å². The summed E-state index contributed by atoms with van der Waals surface area (Å²) in [5.74, 6) is -0.458. The van der Waals surface area contributed by atoms with Gasteiger partial charge in [0.2, 0.25) is 5.91 Å². The van der Waals surface area contributed by atoms with E-state index >= 15 is 0 Å². The standard InChI is InChI=1S/C15H16ClN3O3/c16-11-4-2-1-3-10(11)12(20)17-7-8-19-13(21)15(5-6-15)9-18-14(19)22/h1-4H,5-9H2,(H,17,20)(H,18,22). The highest BCUT2D eigenvalue weighted by atomic mass is 35.5. The van der Waals surface area contributed by atoms with Crippen LogP contribution in [-0.4, -0.2) is 42.4 Å². The Balaban J connectivity index is 1.56. The molecule has 2 N–H and O–H groups in total. The van der Waals surface area contributed by atoms with Crippen LogP contribution in [0.4, 0.5) is 4.79 Å². The lowest BCUT2D eigenvalue weighted by Crippen LogP contribution is -2.57. The van der Waals surface area contributed by atoms with Crippen LogP contribution in [0.25, 0.3) is 0 Å². The van der Waals surface area contributed by atoms with Crippen LogP contribution >= 0.6 is 11.6 Å². The predicted molar refractivity (Wildman–Crippen MR) is 80.6 cm³/mol. The molecule has 1 saturated carbocycles. The number of amides is 4. The number of rotatable bonds is 4. The summed E-state index contributed by atoms with van der Waals surface area (Å²) in [6, 6.07) is 6.32. The molecule has 6 nitrogen and oxygen atoms in total. The molecule has 0 radical (unpaired) electrons. The number of nitrogens with zero attached hydrogens (tertiary/aromatic N) is 1. The fraction of sp³-hybridized carbons (Fsp3) is 0.400. The number of benzene rings is 1. The predicted octanol–water partition coefficient (Wildman–Crippen LogP) is 1.40. The third kappa shape index (κ3) is 2.66. The molecule has 3 rings (SSSR count). The molecule has 1 saturated heterocycles. The Morgan fingerprint density at radius 3 is 2.73 bits per heavy atom. The molecule has 7 heteroatoms. The first kappa shape index (κ1) is 14.8. The van der Waals surface area contributed by atoms with E-state index in [0.717, 1.165) is 12.8 Å². The quantitative estimate of drug-likeness (QED) is 0.880. The van der Waals surface area contributed by atoms with Crippen molar-refractivity contribution in [1.82, 2.24) is 15.5 Å². The Bertz CT molecular complexity index is 643. The molecular formula is C15H16ClN3O3. The fourth-order valence-corrected chi connectivity index (χ4v) is 2.78. The van der Waals surface area contributed by atoms with Crippen LogP contribution in [0.2, 0.25) is 5.02 Å². The fourth-order valence-electron chi connectivity index (χ4n) is 2.56. The van der Waals surface area contributed by atoms with Crippen molar-refractivity contribution in [2.75, 3.05) is 19.6 Å². The van der Waals surface area contributed by atoms with E-state index in [1.807, 2.05) is 0 Å². The summed E-state index contributed by atoms with van der Waals surface area (Å²) in [7, 11) is 0. The van der Waals surface area contributed by atoms with Gasteiger partial charge in [-0.15, -0.1) is 0 Å². The zero-order valence-corrected chi connectivity index (χ0v) is 12.7. The van der Waals surface area contributed by atoms with E-state index in [9.17, 15) is 14.4 Å². The molecule has 2 aliphatic rings. The molecule has 1 aliphatic heterocycles. The van der Waals surface area contributed by atoms with Gasteiger partial charge in [-0.25, -0.2) is 4.79 Å². The Kier molecular flexibility index (Phi) is 3.78. The average Bonchev–Trinajstić information content (AvgIpc) is 3.28. The third-order valence-electron chi connectivity index (χ3n) is 4.11. The van der Waals surface area contributed by atoms with Crippen LogP contribution in [0.1, 0.15) is 23.2 Å². The summed E-state index contributed by atoms with van der Waals surface area (Å²) < 4.78 is 0. The first-order valence-electron chi connectivity index (χ1n) is 7.16. The van der Waals surface area contributed by atoms with Gasteiger partial charge >= 0.3 is 6.03 Å². The van der Waals surface area contributed by atoms with Gasteiger partial charge in [0.15, 0.2) is 0 Å². The highest BCUT2D eigenvalue weighted by molar-refractivity contribution is 6.33. The minimum absolute atomic E-state index is 0.136. The molecule has 116 valence electrons. The van der Waals surface area contributed by atoms with Crippen LogP contribution in [0.15, 0.2) is 24.3 Å². The maximum absolute atomic E-state index is 12.3. The van der Waals surface area contributed by atoms with E-state index < -0.39 is 6.03 Å². The van der Waals surface area contributed by atoms with E-state index in [1.54, 1.807) is 24.3 Å². The van der Waals surface area contributed by atoms with Crippen molar-refractivity contribution in [3.63, 3.8) is 0 Å². The molecule has 22 heavy (non-hydrogen) atoms. The number of carbonyl (C=O) groups is 3. The average molecular weight is 322 g/mol. The number of urea groups is 1. The van der Waals surface area contributed by atoms with Gasteiger partial charge in [-0.3, -0.25) is 14.5 Å². The summed E-state index contributed by atoms with van der Waals surface area (Å²) in [6.45, 7) is 0.773. The second kappa shape index (κ2) is 5.61. The van der Waals surface area contributed by atoms with Gasteiger partial charge in [0.1, 0.15) is 0 Å². The van der Waals surface area contributed by atoms with E-state index in [-0.39, 0.29) is 30.3 Å². The van der Waals surface area contributed by atoms with Crippen LogP contribution < -0.4 is 10.6 Å². The zero-order chi connectivity index (χ0) is 15.7. The maximum atomic E-state index is 12.3. The topological polar surface area (TPSA) is 78.5 Å². The summed E-state index contributed by atoms with van der Waals surface area (Å²) in [6.07, 6.45) is 1.63. The van der Waals surface area contributed by atoms with Gasteiger partial charge in [-0.1, -0.05) is 23.7 Å². The SMILES string of the molecule is O=C(NCCN1C(=O)NCC2(CC2)C1=O)c1ccccc1Cl.